The van der Waals surface area contributed by atoms with E-state index in [0.29, 0.717) is 37.8 Å². The number of hydrazone groups is 1. The summed E-state index contributed by atoms with van der Waals surface area (Å²) in [6, 6.07) is 13.6. The van der Waals surface area contributed by atoms with Crippen molar-refractivity contribution in [2.75, 3.05) is 48.3 Å². The number of amides is 2. The molecule has 10 nitrogen and oxygen atoms in total. The SMILES string of the molecule is C=C(c1ccc2c(c1)CCc1cc(C(=O)N(C)C)ccc1C2(C[C@@H](C)NCC(=O)N1CCCC1C#N)/C(O)=[NH+]/NC)N(C)C. The summed E-state index contributed by atoms with van der Waals surface area (Å²) in [5, 5.41) is 27.8. The fraction of sp³-hybridized carbons (Fsp3) is 0.471. The minimum atomic E-state index is -1.03. The van der Waals surface area contributed by atoms with Crippen molar-refractivity contribution in [1.82, 2.24) is 25.4 Å². The van der Waals surface area contributed by atoms with Gasteiger partial charge in [-0.15, -0.1) is 5.10 Å². The number of carbonyl (C=O) groups excluding carboxylic acids is 2. The minimum Gasteiger partial charge on any atom is -0.461 e. The number of benzene rings is 2. The number of rotatable bonds is 10. The predicted molar refractivity (Wildman–Crippen MR) is 172 cm³/mol. The summed E-state index contributed by atoms with van der Waals surface area (Å²) in [6.07, 6.45) is 3.32. The average Bonchev–Trinajstić information content (AvgIpc) is 3.45. The molecule has 4 N–H and O–H groups in total. The molecule has 0 aromatic heterocycles. The van der Waals surface area contributed by atoms with Gasteiger partial charge in [0, 0.05) is 52.0 Å². The molecule has 0 saturated carbocycles. The van der Waals surface area contributed by atoms with E-state index in [9.17, 15) is 20.0 Å². The molecule has 2 aromatic carbocycles. The highest BCUT2D eigenvalue weighted by Crippen LogP contribution is 2.44. The van der Waals surface area contributed by atoms with E-state index in [1.54, 1.807) is 30.9 Å². The number of hydrazine groups is 1. The quantitative estimate of drug-likeness (QED) is 0.184. The highest BCUT2D eigenvalue weighted by molar-refractivity contribution is 5.95. The van der Waals surface area contributed by atoms with Gasteiger partial charge in [0.2, 0.25) is 5.91 Å². The number of likely N-dealkylation sites (tertiary alicyclic amines) is 1. The molecule has 1 aliphatic heterocycles. The topological polar surface area (TPSA) is 126 Å². The standard InChI is InChI=1S/C34H45N7O3/c1-22(37-21-31(42)41-16-8-9-28(41)20-35)19-34(33(44)38-36-3)29-14-12-24(23(2)39(4)5)17-25(29)10-11-26-18-27(13-15-30(26)34)32(43)40(6)7/h12-15,17-18,22,28,36-37H,2,8-11,16,19,21H2,1,3-7H3,(H,38,44)/p+1/t22-,28?,34?/m1/s1. The van der Waals surface area contributed by atoms with Gasteiger partial charge in [-0.2, -0.15) is 5.26 Å². The summed E-state index contributed by atoms with van der Waals surface area (Å²) >= 11 is 0. The third-order valence-corrected chi connectivity index (χ3v) is 8.90. The molecule has 1 saturated heterocycles. The zero-order valence-corrected chi connectivity index (χ0v) is 26.8. The molecular weight excluding hydrogens is 554 g/mol. The van der Waals surface area contributed by atoms with Crippen molar-refractivity contribution in [3.63, 3.8) is 0 Å². The molecule has 0 spiro atoms. The Morgan fingerprint density at radius 2 is 1.73 bits per heavy atom. The van der Waals surface area contributed by atoms with Gasteiger partial charge >= 0.3 is 5.90 Å². The maximum Gasteiger partial charge on any atom is 0.375 e. The highest BCUT2D eigenvalue weighted by atomic mass is 16.3. The second-order valence-corrected chi connectivity index (χ2v) is 12.3. The first-order chi connectivity index (χ1) is 20.9. The fourth-order valence-corrected chi connectivity index (χ4v) is 6.57. The third-order valence-electron chi connectivity index (χ3n) is 8.90. The highest BCUT2D eigenvalue weighted by Gasteiger charge is 2.49. The molecule has 1 heterocycles. The molecular formula is C34H46N7O3+. The van der Waals surface area contributed by atoms with Crippen LogP contribution in [0.15, 0.2) is 43.0 Å². The van der Waals surface area contributed by atoms with Crippen LogP contribution in [-0.4, -0.2) is 97.9 Å². The fourth-order valence-electron chi connectivity index (χ4n) is 6.57. The molecule has 1 aliphatic carbocycles. The number of nitriles is 1. The zero-order valence-electron chi connectivity index (χ0n) is 26.8. The Labute approximate surface area is 261 Å². The van der Waals surface area contributed by atoms with E-state index in [2.05, 4.69) is 40.6 Å². The molecule has 3 atom stereocenters. The largest absolute Gasteiger partial charge is 0.461 e. The lowest BCUT2D eigenvalue weighted by Crippen LogP contribution is -2.85. The molecule has 1 fully saturated rings. The summed E-state index contributed by atoms with van der Waals surface area (Å²) in [6.45, 7) is 6.94. The van der Waals surface area contributed by atoms with Crippen molar-refractivity contribution in [2.24, 2.45) is 0 Å². The number of aliphatic hydroxyl groups excluding tert-OH is 1. The first-order valence-electron chi connectivity index (χ1n) is 15.2. The van der Waals surface area contributed by atoms with E-state index < -0.39 is 5.41 Å². The van der Waals surface area contributed by atoms with Crippen LogP contribution in [0.3, 0.4) is 0 Å². The van der Waals surface area contributed by atoms with Gasteiger partial charge < -0.3 is 25.1 Å². The molecule has 2 aromatic rings. The van der Waals surface area contributed by atoms with Gasteiger partial charge in [-0.3, -0.25) is 9.59 Å². The van der Waals surface area contributed by atoms with E-state index >= 15 is 0 Å². The maximum absolute atomic E-state index is 13.1. The van der Waals surface area contributed by atoms with Crippen molar-refractivity contribution in [2.45, 2.75) is 56.5 Å². The summed E-state index contributed by atoms with van der Waals surface area (Å²) in [5.74, 6) is -0.159. The van der Waals surface area contributed by atoms with Crippen molar-refractivity contribution in [1.29, 1.82) is 5.26 Å². The molecule has 2 unspecified atom stereocenters. The van der Waals surface area contributed by atoms with Gasteiger partial charge in [0.15, 0.2) is 0 Å². The minimum absolute atomic E-state index is 0.0272. The summed E-state index contributed by atoms with van der Waals surface area (Å²) in [7, 11) is 9.10. The molecule has 234 valence electrons. The third kappa shape index (κ3) is 6.29. The van der Waals surface area contributed by atoms with E-state index in [1.165, 1.54) is 0 Å². The van der Waals surface area contributed by atoms with E-state index in [0.717, 1.165) is 39.9 Å². The Bertz CT molecular complexity index is 1420. The number of nitrogens with zero attached hydrogens (tertiary/aromatic N) is 4. The molecule has 2 aliphatic rings. The molecule has 4 rings (SSSR count). The van der Waals surface area contributed by atoms with Gasteiger partial charge in [0.05, 0.1) is 19.7 Å². The predicted octanol–water partition coefficient (Wildman–Crippen LogP) is 1.36. The number of carbonyl (C=O) groups is 2. The monoisotopic (exact) mass is 600 g/mol. The number of nitrogens with one attached hydrogen (secondary N) is 3. The van der Waals surface area contributed by atoms with Gasteiger partial charge in [0.25, 0.3) is 5.91 Å². The lowest BCUT2D eigenvalue weighted by Gasteiger charge is -2.34. The lowest BCUT2D eigenvalue weighted by atomic mass is 9.68. The van der Waals surface area contributed by atoms with Gasteiger partial charge in [-0.05, 0) is 85.0 Å². The second-order valence-electron chi connectivity index (χ2n) is 12.3. The Morgan fingerprint density at radius 1 is 1.11 bits per heavy atom. The molecule has 44 heavy (non-hydrogen) atoms. The van der Waals surface area contributed by atoms with Crippen LogP contribution in [0.4, 0.5) is 0 Å². The average molecular weight is 601 g/mol. The van der Waals surface area contributed by atoms with Crippen LogP contribution in [0.5, 0.6) is 0 Å². The van der Waals surface area contributed by atoms with Gasteiger partial charge in [-0.25, -0.2) is 5.43 Å². The van der Waals surface area contributed by atoms with E-state index in [4.69, 9.17) is 0 Å². The van der Waals surface area contributed by atoms with E-state index in [1.807, 2.05) is 50.2 Å². The molecule has 10 heteroatoms. The van der Waals surface area contributed by atoms with Gasteiger partial charge in [-0.1, -0.05) is 24.8 Å². The summed E-state index contributed by atoms with van der Waals surface area (Å²) in [5.41, 5.74) is 8.23. The number of aryl methyl sites for hydroxylation is 2. The number of aliphatic hydroxyl groups is 1. The van der Waals surface area contributed by atoms with Crippen molar-refractivity contribution in [3.05, 3.63) is 76.4 Å². The van der Waals surface area contributed by atoms with Crippen LogP contribution in [-0.2, 0) is 23.1 Å². The van der Waals surface area contributed by atoms with Crippen LogP contribution < -0.4 is 15.8 Å². The Hall–Kier alpha value is -4.36. The summed E-state index contributed by atoms with van der Waals surface area (Å²) in [4.78, 5) is 31.2. The zero-order chi connectivity index (χ0) is 32.2. The maximum atomic E-state index is 13.1. The first kappa shape index (κ1) is 32.6. The Morgan fingerprint density at radius 3 is 2.30 bits per heavy atom. The van der Waals surface area contributed by atoms with Crippen molar-refractivity contribution >= 4 is 23.4 Å². The van der Waals surface area contributed by atoms with Crippen LogP contribution in [0.25, 0.3) is 5.70 Å². The number of hydrogen-bond acceptors (Lipinski definition) is 6. The lowest BCUT2D eigenvalue weighted by molar-refractivity contribution is -0.531. The molecule has 0 bridgehead atoms. The van der Waals surface area contributed by atoms with Crippen LogP contribution in [0.1, 0.15) is 64.4 Å². The molecule has 2 amide bonds. The van der Waals surface area contributed by atoms with Crippen LogP contribution in [0, 0.1) is 11.3 Å². The van der Waals surface area contributed by atoms with E-state index in [-0.39, 0.29) is 36.3 Å². The van der Waals surface area contributed by atoms with Gasteiger partial charge in [0.1, 0.15) is 11.5 Å². The number of hydrogen-bond donors (Lipinski definition) is 4. The Kier molecular flexibility index (Phi) is 10.00. The van der Waals surface area contributed by atoms with Crippen LogP contribution >= 0.6 is 0 Å². The van der Waals surface area contributed by atoms with Crippen molar-refractivity contribution in [3.8, 4) is 6.07 Å². The second kappa shape index (κ2) is 13.5. The van der Waals surface area contributed by atoms with Crippen molar-refractivity contribution < 1.29 is 19.8 Å². The Balaban J connectivity index is 1.83. The first-order valence-corrected chi connectivity index (χ1v) is 15.2. The molecule has 0 radical (unpaired) electrons. The van der Waals surface area contributed by atoms with Crippen LogP contribution in [0.2, 0.25) is 0 Å². The summed E-state index contributed by atoms with van der Waals surface area (Å²) < 4.78 is 0. The smallest absolute Gasteiger partial charge is 0.375 e. The normalized spacial score (nSPS) is 20.1. The number of fused-ring (bicyclic) bond motifs is 2.